The summed E-state index contributed by atoms with van der Waals surface area (Å²) in [5.74, 6) is -0.942. The molecule has 1 rings (SSSR count). The molecule has 84 valence electrons. The molecule has 0 aliphatic heterocycles. The van der Waals surface area contributed by atoms with Crippen LogP contribution in [0.25, 0.3) is 0 Å². The molecule has 6 heteroatoms. The normalized spacial score (nSPS) is 11.7. The zero-order chi connectivity index (χ0) is 11.5. The van der Waals surface area contributed by atoms with Crippen LogP contribution in [0.3, 0.4) is 0 Å². The Balaban J connectivity index is 2.90. The number of halogens is 2. The lowest BCUT2D eigenvalue weighted by molar-refractivity contribution is 0.337. The van der Waals surface area contributed by atoms with Crippen LogP contribution in [0.4, 0.5) is 4.39 Å². The minimum Gasteiger partial charge on any atom is -0.270 e. The zero-order valence-electron chi connectivity index (χ0n) is 8.04. The van der Waals surface area contributed by atoms with Gasteiger partial charge in [-0.1, -0.05) is 11.6 Å². The quantitative estimate of drug-likeness (QED) is 0.773. The van der Waals surface area contributed by atoms with Crippen LogP contribution in [0.1, 0.15) is 12.5 Å². The molecule has 0 radical (unpaired) electrons. The van der Waals surface area contributed by atoms with E-state index in [1.807, 2.05) is 0 Å². The Kier molecular flexibility index (Phi) is 4.07. The van der Waals surface area contributed by atoms with Gasteiger partial charge in [0.05, 0.1) is 6.61 Å². The van der Waals surface area contributed by atoms with Gasteiger partial charge in [-0.15, -0.1) is 0 Å². The largest absolute Gasteiger partial charge is 0.271 e. The molecule has 0 atom stereocenters. The fourth-order valence-electron chi connectivity index (χ4n) is 1.12. The van der Waals surface area contributed by atoms with E-state index in [0.29, 0.717) is 0 Å². The lowest BCUT2D eigenvalue weighted by atomic mass is 10.2. The van der Waals surface area contributed by atoms with Crippen LogP contribution in [0.2, 0.25) is 5.02 Å². The van der Waals surface area contributed by atoms with Crippen molar-refractivity contribution in [2.75, 3.05) is 6.61 Å². The van der Waals surface area contributed by atoms with Crippen LogP contribution in [-0.2, 0) is 20.1 Å². The fourth-order valence-corrected chi connectivity index (χ4v) is 2.38. The summed E-state index contributed by atoms with van der Waals surface area (Å²) in [7, 11) is -3.64. The SMILES string of the molecule is CCOS(=O)(=O)Cc1cc(F)cc(Cl)c1. The molecular formula is C9H10ClFO3S. The Bertz CT molecular complexity index is 424. The standard InChI is InChI=1S/C9H10ClFO3S/c1-2-14-15(12,13)6-7-3-8(10)5-9(11)4-7/h3-5H,2,6H2,1H3. The van der Waals surface area contributed by atoms with Crippen molar-refractivity contribution in [3.63, 3.8) is 0 Å². The lowest BCUT2D eigenvalue weighted by Crippen LogP contribution is -2.08. The van der Waals surface area contributed by atoms with Crippen molar-refractivity contribution in [1.82, 2.24) is 0 Å². The summed E-state index contributed by atoms with van der Waals surface area (Å²) in [4.78, 5) is 0. The first-order chi connectivity index (χ1) is 6.93. The second-order valence-corrected chi connectivity index (χ2v) is 4.96. The summed E-state index contributed by atoms with van der Waals surface area (Å²) in [5, 5.41) is 0.164. The average molecular weight is 253 g/mol. The van der Waals surface area contributed by atoms with E-state index in [1.165, 1.54) is 6.07 Å². The van der Waals surface area contributed by atoms with E-state index >= 15 is 0 Å². The summed E-state index contributed by atoms with van der Waals surface area (Å²) >= 11 is 5.58. The van der Waals surface area contributed by atoms with Gasteiger partial charge in [0, 0.05) is 5.02 Å². The molecule has 0 aliphatic carbocycles. The van der Waals surface area contributed by atoms with Gasteiger partial charge in [-0.25, -0.2) is 4.39 Å². The van der Waals surface area contributed by atoms with E-state index in [-0.39, 0.29) is 22.9 Å². The summed E-state index contributed by atoms with van der Waals surface area (Å²) < 4.78 is 39.9. The second-order valence-electron chi connectivity index (χ2n) is 2.89. The number of hydrogen-bond acceptors (Lipinski definition) is 3. The molecule has 0 amide bonds. The van der Waals surface area contributed by atoms with Gasteiger partial charge in [-0.2, -0.15) is 8.42 Å². The molecule has 0 spiro atoms. The molecular weight excluding hydrogens is 243 g/mol. The van der Waals surface area contributed by atoms with Gasteiger partial charge in [0.2, 0.25) is 0 Å². The maximum atomic E-state index is 12.9. The van der Waals surface area contributed by atoms with Crippen molar-refractivity contribution >= 4 is 21.7 Å². The lowest BCUT2D eigenvalue weighted by Gasteiger charge is -2.04. The Morgan fingerprint density at radius 1 is 1.40 bits per heavy atom. The van der Waals surface area contributed by atoms with Gasteiger partial charge in [-0.3, -0.25) is 4.18 Å². The predicted molar refractivity (Wildman–Crippen MR) is 55.7 cm³/mol. The molecule has 0 saturated heterocycles. The van der Waals surface area contributed by atoms with Crippen LogP contribution in [-0.4, -0.2) is 15.0 Å². The summed E-state index contributed by atoms with van der Waals surface area (Å²) in [6.07, 6.45) is 0. The molecule has 1 aromatic rings. The predicted octanol–water partition coefficient (Wildman–Crippen LogP) is 2.35. The molecule has 0 N–H and O–H groups in total. The molecule has 0 aliphatic rings. The first-order valence-electron chi connectivity index (χ1n) is 4.25. The average Bonchev–Trinajstić information content (AvgIpc) is 1.99. The van der Waals surface area contributed by atoms with Crippen molar-refractivity contribution in [1.29, 1.82) is 0 Å². The van der Waals surface area contributed by atoms with Crippen LogP contribution in [0.5, 0.6) is 0 Å². The van der Waals surface area contributed by atoms with Crippen LogP contribution < -0.4 is 0 Å². The van der Waals surface area contributed by atoms with Crippen molar-refractivity contribution in [3.05, 3.63) is 34.6 Å². The number of hydrogen-bond donors (Lipinski definition) is 0. The highest BCUT2D eigenvalue weighted by Crippen LogP contribution is 2.16. The molecule has 1 aromatic carbocycles. The van der Waals surface area contributed by atoms with Crippen LogP contribution in [0, 0.1) is 5.82 Å². The van der Waals surface area contributed by atoms with E-state index in [2.05, 4.69) is 4.18 Å². The van der Waals surface area contributed by atoms with E-state index in [0.717, 1.165) is 12.1 Å². The molecule has 3 nitrogen and oxygen atoms in total. The van der Waals surface area contributed by atoms with Gasteiger partial charge in [0.1, 0.15) is 11.6 Å². The van der Waals surface area contributed by atoms with Crippen LogP contribution in [0.15, 0.2) is 18.2 Å². The molecule has 0 fully saturated rings. The third-order valence-corrected chi connectivity index (χ3v) is 3.06. The number of rotatable bonds is 4. The topological polar surface area (TPSA) is 43.4 Å². The van der Waals surface area contributed by atoms with E-state index < -0.39 is 15.9 Å². The Morgan fingerprint density at radius 2 is 2.07 bits per heavy atom. The molecule has 0 aromatic heterocycles. The van der Waals surface area contributed by atoms with Crippen molar-refractivity contribution in [2.24, 2.45) is 0 Å². The second kappa shape index (κ2) is 4.92. The van der Waals surface area contributed by atoms with Crippen molar-refractivity contribution in [2.45, 2.75) is 12.7 Å². The number of benzene rings is 1. The van der Waals surface area contributed by atoms with Gasteiger partial charge in [0.15, 0.2) is 0 Å². The Morgan fingerprint density at radius 3 is 2.60 bits per heavy atom. The minimum atomic E-state index is -3.64. The van der Waals surface area contributed by atoms with E-state index in [1.54, 1.807) is 6.92 Å². The van der Waals surface area contributed by atoms with Crippen molar-refractivity contribution in [3.8, 4) is 0 Å². The summed E-state index contributed by atoms with van der Waals surface area (Å²) in [5.41, 5.74) is 0.272. The molecule has 0 saturated carbocycles. The van der Waals surface area contributed by atoms with Gasteiger partial charge in [0.25, 0.3) is 10.1 Å². The van der Waals surface area contributed by atoms with Crippen molar-refractivity contribution < 1.29 is 17.0 Å². The summed E-state index contributed by atoms with van der Waals surface area (Å²) in [6, 6.07) is 3.61. The monoisotopic (exact) mass is 252 g/mol. The molecule has 0 unspecified atom stereocenters. The van der Waals surface area contributed by atoms with E-state index in [9.17, 15) is 12.8 Å². The van der Waals surface area contributed by atoms with Crippen LogP contribution >= 0.6 is 11.6 Å². The first-order valence-corrected chi connectivity index (χ1v) is 6.20. The van der Waals surface area contributed by atoms with Gasteiger partial charge < -0.3 is 0 Å². The minimum absolute atomic E-state index is 0.0609. The molecule has 15 heavy (non-hydrogen) atoms. The van der Waals surface area contributed by atoms with Gasteiger partial charge in [-0.05, 0) is 30.7 Å². The fraction of sp³-hybridized carbons (Fsp3) is 0.333. The zero-order valence-corrected chi connectivity index (χ0v) is 9.61. The molecule has 0 heterocycles. The highest BCUT2D eigenvalue weighted by atomic mass is 35.5. The third-order valence-electron chi connectivity index (χ3n) is 1.56. The van der Waals surface area contributed by atoms with Gasteiger partial charge >= 0.3 is 0 Å². The maximum Gasteiger partial charge on any atom is 0.271 e. The third kappa shape index (κ3) is 4.15. The Hall–Kier alpha value is -0.650. The smallest absolute Gasteiger partial charge is 0.270 e. The van der Waals surface area contributed by atoms with E-state index in [4.69, 9.17) is 11.6 Å². The Labute approximate surface area is 92.9 Å². The first kappa shape index (κ1) is 12.4. The highest BCUT2D eigenvalue weighted by molar-refractivity contribution is 7.85. The maximum absolute atomic E-state index is 12.9. The molecule has 0 bridgehead atoms. The highest BCUT2D eigenvalue weighted by Gasteiger charge is 2.12. The summed E-state index contributed by atoms with van der Waals surface area (Å²) in [6.45, 7) is 1.63.